The van der Waals surface area contributed by atoms with E-state index < -0.39 is 0 Å². The van der Waals surface area contributed by atoms with Crippen LogP contribution in [-0.4, -0.2) is 11.6 Å². The summed E-state index contributed by atoms with van der Waals surface area (Å²) in [5, 5.41) is 1.21. The van der Waals surface area contributed by atoms with Gasteiger partial charge in [0.2, 0.25) is 0 Å². The Morgan fingerprint density at radius 3 is 3.00 bits per heavy atom. The highest BCUT2D eigenvalue weighted by molar-refractivity contribution is 5.82. The number of nitrogens with zero attached hydrogens (tertiary/aromatic N) is 1. The Morgan fingerprint density at radius 2 is 2.12 bits per heavy atom. The quantitative estimate of drug-likeness (QED) is 0.722. The van der Waals surface area contributed by atoms with E-state index in [1.807, 2.05) is 12.3 Å². The van der Waals surface area contributed by atoms with Crippen molar-refractivity contribution < 1.29 is 4.74 Å². The molecule has 0 saturated heterocycles. The third-order valence-electron chi connectivity index (χ3n) is 3.02. The molecular weight excluding hydrogens is 198 g/mol. The first-order chi connectivity index (χ1) is 7.95. The highest BCUT2D eigenvalue weighted by Gasteiger charge is 2.14. The molecule has 0 N–H and O–H groups in total. The molecule has 0 spiro atoms. The Morgan fingerprint density at radius 1 is 1.19 bits per heavy atom. The maximum Gasteiger partial charge on any atom is 0.0882 e. The monoisotopic (exact) mass is 211 g/mol. The van der Waals surface area contributed by atoms with Crippen LogP contribution in [0.2, 0.25) is 0 Å². The standard InChI is InChI=1S/C14H13NO/c1-3-12-4-2-8-15-14(12)13(5-1)11-6-9-16-10-7-11/h1-6,8-9,11H,7,10H2/t11-/m1/s1. The highest BCUT2D eigenvalue weighted by Crippen LogP contribution is 2.29. The molecule has 2 heterocycles. The lowest BCUT2D eigenvalue weighted by atomic mass is 9.93. The molecule has 0 bridgehead atoms. The van der Waals surface area contributed by atoms with Crippen LogP contribution in [-0.2, 0) is 4.74 Å². The van der Waals surface area contributed by atoms with Crippen molar-refractivity contribution in [2.24, 2.45) is 0 Å². The van der Waals surface area contributed by atoms with E-state index >= 15 is 0 Å². The molecule has 0 amide bonds. The Labute approximate surface area is 94.6 Å². The molecule has 3 rings (SSSR count). The van der Waals surface area contributed by atoms with Gasteiger partial charge in [0.25, 0.3) is 0 Å². The van der Waals surface area contributed by atoms with Crippen LogP contribution < -0.4 is 0 Å². The predicted molar refractivity (Wildman–Crippen MR) is 64.2 cm³/mol. The molecule has 1 aliphatic rings. The number of ether oxygens (including phenoxy) is 1. The molecule has 0 fully saturated rings. The number of hydrogen-bond donors (Lipinski definition) is 0. The predicted octanol–water partition coefficient (Wildman–Crippen LogP) is 3.25. The Hall–Kier alpha value is -1.83. The number of aromatic nitrogens is 1. The van der Waals surface area contributed by atoms with E-state index in [9.17, 15) is 0 Å². The molecule has 0 unspecified atom stereocenters. The average Bonchev–Trinajstić information content (AvgIpc) is 2.39. The summed E-state index contributed by atoms with van der Waals surface area (Å²) in [6.07, 6.45) is 6.81. The molecule has 1 aliphatic heterocycles. The van der Waals surface area contributed by atoms with E-state index in [2.05, 4.69) is 35.3 Å². The molecule has 1 atom stereocenters. The van der Waals surface area contributed by atoms with Gasteiger partial charge in [-0.1, -0.05) is 24.3 Å². The van der Waals surface area contributed by atoms with Crippen molar-refractivity contribution in [1.82, 2.24) is 4.98 Å². The number of fused-ring (bicyclic) bond motifs is 1. The smallest absolute Gasteiger partial charge is 0.0882 e. The van der Waals surface area contributed by atoms with Gasteiger partial charge in [-0.3, -0.25) is 4.98 Å². The summed E-state index contributed by atoms with van der Waals surface area (Å²) in [6, 6.07) is 10.5. The van der Waals surface area contributed by atoms with Crippen molar-refractivity contribution in [3.8, 4) is 0 Å². The number of rotatable bonds is 1. The van der Waals surface area contributed by atoms with Gasteiger partial charge in [0, 0.05) is 17.5 Å². The third-order valence-corrected chi connectivity index (χ3v) is 3.02. The number of allylic oxidation sites excluding steroid dienone is 1. The zero-order valence-corrected chi connectivity index (χ0v) is 8.97. The van der Waals surface area contributed by atoms with E-state index in [4.69, 9.17) is 4.74 Å². The maximum absolute atomic E-state index is 5.23. The van der Waals surface area contributed by atoms with E-state index in [0.29, 0.717) is 5.92 Å². The van der Waals surface area contributed by atoms with Gasteiger partial charge in [-0.2, -0.15) is 0 Å². The van der Waals surface area contributed by atoms with Crippen LogP contribution in [0.5, 0.6) is 0 Å². The second kappa shape index (κ2) is 3.97. The average molecular weight is 211 g/mol. The zero-order chi connectivity index (χ0) is 10.8. The number of hydrogen-bond acceptors (Lipinski definition) is 2. The molecule has 16 heavy (non-hydrogen) atoms. The molecule has 1 aromatic heterocycles. The van der Waals surface area contributed by atoms with Crippen LogP contribution in [0.1, 0.15) is 17.9 Å². The second-order valence-corrected chi connectivity index (χ2v) is 4.02. The van der Waals surface area contributed by atoms with Crippen molar-refractivity contribution in [3.05, 3.63) is 54.4 Å². The minimum atomic E-state index is 0.437. The molecule has 0 aliphatic carbocycles. The van der Waals surface area contributed by atoms with Crippen LogP contribution in [0.15, 0.2) is 48.9 Å². The fraction of sp³-hybridized carbons (Fsp3) is 0.214. The summed E-state index contributed by atoms with van der Waals surface area (Å²) in [4.78, 5) is 4.48. The van der Waals surface area contributed by atoms with E-state index in [1.165, 1.54) is 10.9 Å². The van der Waals surface area contributed by atoms with Gasteiger partial charge in [0.1, 0.15) is 0 Å². The van der Waals surface area contributed by atoms with E-state index in [1.54, 1.807) is 6.26 Å². The topological polar surface area (TPSA) is 22.1 Å². The lowest BCUT2D eigenvalue weighted by Crippen LogP contribution is -2.05. The van der Waals surface area contributed by atoms with Crippen LogP contribution >= 0.6 is 0 Å². The molecule has 2 nitrogen and oxygen atoms in total. The molecule has 0 radical (unpaired) electrons. The van der Waals surface area contributed by atoms with Crippen molar-refractivity contribution in [2.75, 3.05) is 6.61 Å². The Bertz CT molecular complexity index is 528. The summed E-state index contributed by atoms with van der Waals surface area (Å²) >= 11 is 0. The molecular formula is C14H13NO. The van der Waals surface area contributed by atoms with Crippen molar-refractivity contribution in [1.29, 1.82) is 0 Å². The minimum absolute atomic E-state index is 0.437. The largest absolute Gasteiger partial charge is 0.501 e. The lowest BCUT2D eigenvalue weighted by molar-refractivity contribution is 0.223. The van der Waals surface area contributed by atoms with Gasteiger partial charge >= 0.3 is 0 Å². The summed E-state index contributed by atoms with van der Waals surface area (Å²) in [5.74, 6) is 0.437. The summed E-state index contributed by atoms with van der Waals surface area (Å²) in [6.45, 7) is 0.796. The number of pyridine rings is 1. The lowest BCUT2D eigenvalue weighted by Gasteiger charge is -2.18. The molecule has 0 saturated carbocycles. The molecule has 2 heteroatoms. The van der Waals surface area contributed by atoms with Crippen LogP contribution in [0.3, 0.4) is 0 Å². The van der Waals surface area contributed by atoms with Gasteiger partial charge in [0.05, 0.1) is 18.4 Å². The van der Waals surface area contributed by atoms with Gasteiger partial charge in [-0.25, -0.2) is 0 Å². The molecule has 2 aromatic rings. The second-order valence-electron chi connectivity index (χ2n) is 4.02. The van der Waals surface area contributed by atoms with Crippen molar-refractivity contribution in [3.63, 3.8) is 0 Å². The summed E-state index contributed by atoms with van der Waals surface area (Å²) < 4.78 is 5.23. The van der Waals surface area contributed by atoms with E-state index in [0.717, 1.165) is 18.5 Å². The third kappa shape index (κ3) is 1.56. The SMILES string of the molecule is C1=C[C@@H](c2cccc3cccnc23)CCO1. The molecule has 80 valence electrons. The van der Waals surface area contributed by atoms with Gasteiger partial charge in [-0.05, 0) is 24.1 Å². The normalized spacial score (nSPS) is 19.6. The Kier molecular flexibility index (Phi) is 2.33. The van der Waals surface area contributed by atoms with Crippen LogP contribution in [0.25, 0.3) is 10.9 Å². The highest BCUT2D eigenvalue weighted by atomic mass is 16.5. The summed E-state index contributed by atoms with van der Waals surface area (Å²) in [7, 11) is 0. The van der Waals surface area contributed by atoms with Crippen molar-refractivity contribution in [2.45, 2.75) is 12.3 Å². The van der Waals surface area contributed by atoms with Crippen LogP contribution in [0, 0.1) is 0 Å². The first kappa shape index (κ1) is 9.40. The fourth-order valence-corrected chi connectivity index (χ4v) is 2.20. The zero-order valence-electron chi connectivity index (χ0n) is 8.97. The first-order valence-electron chi connectivity index (χ1n) is 5.57. The van der Waals surface area contributed by atoms with E-state index in [-0.39, 0.29) is 0 Å². The minimum Gasteiger partial charge on any atom is -0.501 e. The maximum atomic E-state index is 5.23. The Balaban J connectivity index is 2.15. The fourth-order valence-electron chi connectivity index (χ4n) is 2.20. The number of benzene rings is 1. The van der Waals surface area contributed by atoms with Gasteiger partial charge < -0.3 is 4.74 Å². The number of para-hydroxylation sites is 1. The molecule has 1 aromatic carbocycles. The summed E-state index contributed by atoms with van der Waals surface area (Å²) in [5.41, 5.74) is 2.42. The van der Waals surface area contributed by atoms with Gasteiger partial charge in [0.15, 0.2) is 0 Å². The van der Waals surface area contributed by atoms with Gasteiger partial charge in [-0.15, -0.1) is 0 Å². The van der Waals surface area contributed by atoms with Crippen LogP contribution in [0.4, 0.5) is 0 Å². The van der Waals surface area contributed by atoms with Crippen molar-refractivity contribution >= 4 is 10.9 Å². The first-order valence-corrected chi connectivity index (χ1v) is 5.57.